The quantitative estimate of drug-likeness (QED) is 0.0736. The molecule has 19 heteroatoms. The molecule has 53 heavy (non-hydrogen) atoms. The van der Waals surface area contributed by atoms with E-state index in [1.54, 1.807) is 24.3 Å². The summed E-state index contributed by atoms with van der Waals surface area (Å²) < 4.78 is 8.36. The number of hydrogen-bond donors (Lipinski definition) is 6. The lowest BCUT2D eigenvalue weighted by Crippen LogP contribution is -2.25. The number of aromatic hydroxyl groups is 2. The van der Waals surface area contributed by atoms with Crippen molar-refractivity contribution >= 4 is 58.3 Å². The first kappa shape index (κ1) is 42.8. The number of alkyl carbamates (subject to hydrolysis) is 1. The zero-order chi connectivity index (χ0) is 39.5. The number of rotatable bonds is 9. The average Bonchev–Trinajstić information content (AvgIpc) is 3.16. The summed E-state index contributed by atoms with van der Waals surface area (Å²) in [6, 6.07) is 20.5. The highest BCUT2D eigenvalue weighted by Gasteiger charge is 2.22. The second-order valence-electron chi connectivity index (χ2n) is 9.74. The van der Waals surface area contributed by atoms with Gasteiger partial charge in [-0.3, -0.25) is 0 Å². The molecule has 2 aromatic carbocycles. The van der Waals surface area contributed by atoms with Gasteiger partial charge in [0.1, 0.15) is 68.6 Å². The number of phenols is 2. The van der Waals surface area contributed by atoms with Gasteiger partial charge >= 0.3 is 11.5 Å². The van der Waals surface area contributed by atoms with Crippen LogP contribution in [0.4, 0.5) is 21.2 Å². The maximum atomic E-state index is 11.1. The van der Waals surface area contributed by atoms with Crippen LogP contribution in [0.15, 0.2) is 58.6 Å². The van der Waals surface area contributed by atoms with Crippen LogP contribution in [0.5, 0.6) is 11.5 Å². The Morgan fingerprint density at radius 1 is 0.736 bits per heavy atom. The molecule has 0 aliphatic carbocycles. The number of benzene rings is 2. The van der Waals surface area contributed by atoms with Crippen LogP contribution in [-0.2, 0) is 9.47 Å². The molecule has 0 atom stereocenters. The highest BCUT2D eigenvalue weighted by molar-refractivity contribution is 7.99. The number of nitrogens with zero attached hydrogens (tertiary/aromatic N) is 6. The zero-order valence-corrected chi connectivity index (χ0v) is 30.5. The summed E-state index contributed by atoms with van der Waals surface area (Å²) in [5.74, 6) is 1.26. The second-order valence-corrected chi connectivity index (χ2v) is 12.2. The van der Waals surface area contributed by atoms with Gasteiger partial charge in [-0.2, -0.15) is 21.0 Å². The fourth-order valence-corrected chi connectivity index (χ4v) is 5.79. The molecular weight excluding hydrogens is 744 g/mol. The van der Waals surface area contributed by atoms with E-state index < -0.39 is 11.5 Å². The summed E-state index contributed by atoms with van der Waals surface area (Å²) in [5, 5.41) is 60.1. The Hall–Kier alpha value is -6.41. The maximum absolute atomic E-state index is 11.1. The van der Waals surface area contributed by atoms with Crippen LogP contribution in [0.1, 0.15) is 22.3 Å². The second kappa shape index (κ2) is 21.7. The highest BCUT2D eigenvalue weighted by atomic mass is 35.5. The van der Waals surface area contributed by atoms with Gasteiger partial charge < -0.3 is 42.2 Å². The number of nitrogens with one attached hydrogen (secondary N) is 1. The van der Waals surface area contributed by atoms with E-state index in [1.165, 1.54) is 62.0 Å². The number of nitrogens with two attached hydrogens (primary N) is 3. The van der Waals surface area contributed by atoms with Gasteiger partial charge in [0.15, 0.2) is 0 Å². The summed E-state index contributed by atoms with van der Waals surface area (Å²) in [7, 11) is 2.48. The van der Waals surface area contributed by atoms with Crippen LogP contribution in [-0.4, -0.2) is 70.5 Å². The lowest BCUT2D eigenvalue weighted by molar-refractivity contribution is 0.171. The number of carbonyl (C=O) groups is 2. The SMILES string of the molecule is COC(=O)Cl.COC(=O)NCCSc1nc(N)c(C#N)c(-c2ccc(O)cc2)c1C#N.N#Cc1c(N)nc(SCCN)c(C#N)c1-c1ccc(O)cc1. The van der Waals surface area contributed by atoms with Crippen molar-refractivity contribution < 1.29 is 29.3 Å². The van der Waals surface area contributed by atoms with Crippen LogP contribution in [0.3, 0.4) is 0 Å². The van der Waals surface area contributed by atoms with Crippen LogP contribution in [0, 0.1) is 45.3 Å². The Morgan fingerprint density at radius 3 is 1.43 bits per heavy atom. The van der Waals surface area contributed by atoms with Crippen molar-refractivity contribution in [1.82, 2.24) is 15.3 Å². The number of methoxy groups -OCH3 is 2. The number of halogens is 1. The first-order valence-corrected chi connectivity index (χ1v) is 17.1. The monoisotopic (exact) mass is 774 g/mol. The third-order valence-corrected chi connectivity index (χ3v) is 8.60. The third kappa shape index (κ3) is 12.1. The zero-order valence-electron chi connectivity index (χ0n) is 28.1. The van der Waals surface area contributed by atoms with Crippen LogP contribution in [0.2, 0.25) is 0 Å². The third-order valence-electron chi connectivity index (χ3n) is 6.46. The van der Waals surface area contributed by atoms with Crippen molar-refractivity contribution in [2.24, 2.45) is 5.73 Å². The standard InChI is InChI=1S/C17H15N5O3S.C15H13N5OS.C2H3ClO2/c1-25-17(24)21-6-7-26-16-13(9-19)14(12(8-18)15(20)22-16)10-2-4-11(23)5-3-10;16-5-6-22-15-12(8-18)13(11(7-17)14(19)20-15)9-1-3-10(21)4-2-9;1-5-2(3)4/h2-5,23H,6-7H2,1H3,(H2,20,22)(H,21,24);1-4,21H,5-6,16H2,(H2,19,20);1H3. The number of phenolic OH excluding ortho intramolecular Hbond substituents is 2. The first-order chi connectivity index (χ1) is 25.4. The van der Waals surface area contributed by atoms with E-state index in [9.17, 15) is 40.8 Å². The summed E-state index contributed by atoms with van der Waals surface area (Å²) >= 11 is 7.15. The van der Waals surface area contributed by atoms with Crippen molar-refractivity contribution in [1.29, 1.82) is 21.0 Å². The van der Waals surface area contributed by atoms with Gasteiger partial charge in [-0.15, -0.1) is 23.5 Å². The molecule has 0 aliphatic rings. The minimum atomic E-state index is -0.773. The first-order valence-electron chi connectivity index (χ1n) is 14.8. The number of ether oxygens (including phenoxy) is 2. The van der Waals surface area contributed by atoms with Gasteiger partial charge in [0.25, 0.3) is 0 Å². The Morgan fingerprint density at radius 2 is 1.11 bits per heavy atom. The lowest BCUT2D eigenvalue weighted by atomic mass is 9.97. The Kier molecular flexibility index (Phi) is 17.5. The van der Waals surface area contributed by atoms with E-state index in [1.807, 2.05) is 12.1 Å². The summed E-state index contributed by atoms with van der Waals surface area (Å²) in [6.45, 7) is 0.740. The fourth-order valence-electron chi connectivity index (χ4n) is 4.17. The van der Waals surface area contributed by atoms with Crippen LogP contribution < -0.4 is 22.5 Å². The minimum Gasteiger partial charge on any atom is -0.508 e. The summed E-state index contributed by atoms with van der Waals surface area (Å²) in [6.07, 6.45) is -0.553. The van der Waals surface area contributed by atoms with E-state index >= 15 is 0 Å². The molecule has 9 N–H and O–H groups in total. The van der Waals surface area contributed by atoms with Crippen molar-refractivity contribution in [2.45, 2.75) is 10.1 Å². The Balaban J connectivity index is 0.000000329. The number of aromatic nitrogens is 2. The predicted molar refractivity (Wildman–Crippen MR) is 200 cm³/mol. The molecule has 2 aromatic heterocycles. The van der Waals surface area contributed by atoms with Crippen molar-refractivity contribution in [3.05, 3.63) is 70.8 Å². The normalized spacial score (nSPS) is 9.58. The molecule has 1 amide bonds. The largest absolute Gasteiger partial charge is 0.508 e. The minimum absolute atomic E-state index is 0.0120. The molecule has 0 radical (unpaired) electrons. The Bertz CT molecular complexity index is 2090. The van der Waals surface area contributed by atoms with E-state index in [2.05, 4.69) is 48.5 Å². The van der Waals surface area contributed by atoms with E-state index in [4.69, 9.17) is 17.2 Å². The molecule has 0 saturated carbocycles. The van der Waals surface area contributed by atoms with Crippen LogP contribution in [0.25, 0.3) is 22.3 Å². The van der Waals surface area contributed by atoms with Crippen molar-refractivity contribution in [3.63, 3.8) is 0 Å². The van der Waals surface area contributed by atoms with Crippen molar-refractivity contribution in [3.8, 4) is 58.0 Å². The summed E-state index contributed by atoms with van der Waals surface area (Å²) in [5.41, 5.74) is 19.2. The van der Waals surface area contributed by atoms with E-state index in [0.717, 1.165) is 0 Å². The molecule has 4 aromatic rings. The molecule has 0 aliphatic heterocycles. The average molecular weight is 775 g/mol. The lowest BCUT2D eigenvalue weighted by Gasteiger charge is -2.13. The van der Waals surface area contributed by atoms with Crippen molar-refractivity contribution in [2.75, 3.05) is 50.3 Å². The molecule has 272 valence electrons. The van der Waals surface area contributed by atoms with Gasteiger partial charge in [-0.1, -0.05) is 24.3 Å². The van der Waals surface area contributed by atoms with Gasteiger partial charge in [-0.25, -0.2) is 19.6 Å². The Labute approximate surface area is 317 Å². The molecule has 0 saturated heterocycles. The number of hydrogen-bond acceptors (Lipinski definition) is 17. The molecule has 0 bridgehead atoms. The molecule has 2 heterocycles. The number of amides is 1. The molecular formula is C34H31ClN10O6S2. The predicted octanol–water partition coefficient (Wildman–Crippen LogP) is 5.05. The smallest absolute Gasteiger partial charge is 0.406 e. The van der Waals surface area contributed by atoms with E-state index in [-0.39, 0.29) is 45.4 Å². The topological polar surface area (TPSA) is 304 Å². The number of nitriles is 4. The number of anilines is 2. The fraction of sp³-hybridized carbons (Fsp3) is 0.176. The number of carbonyl (C=O) groups excluding carboxylic acids is 2. The molecule has 0 unspecified atom stereocenters. The van der Waals surface area contributed by atoms with Gasteiger partial charge in [0.05, 0.1) is 25.3 Å². The molecule has 0 spiro atoms. The van der Waals surface area contributed by atoms with E-state index in [0.29, 0.717) is 56.9 Å². The number of pyridine rings is 2. The highest BCUT2D eigenvalue weighted by Crippen LogP contribution is 2.37. The van der Waals surface area contributed by atoms with Gasteiger partial charge in [-0.05, 0) is 35.4 Å². The summed E-state index contributed by atoms with van der Waals surface area (Å²) in [4.78, 5) is 28.7. The van der Waals surface area contributed by atoms with Gasteiger partial charge in [0, 0.05) is 47.3 Å². The number of nitrogen functional groups attached to an aromatic ring is 2. The number of thioether (sulfide) groups is 2. The van der Waals surface area contributed by atoms with Crippen LogP contribution >= 0.6 is 35.1 Å². The maximum Gasteiger partial charge on any atom is 0.406 e. The molecule has 4 rings (SSSR count). The molecule has 0 fully saturated rings. The van der Waals surface area contributed by atoms with Gasteiger partial charge in [0.2, 0.25) is 0 Å². The molecule has 16 nitrogen and oxygen atoms in total.